The van der Waals surface area contributed by atoms with Gasteiger partial charge in [0.15, 0.2) is 11.5 Å². The van der Waals surface area contributed by atoms with Crippen LogP contribution in [0.1, 0.15) is 25.7 Å². The molecule has 0 bridgehead atoms. The molecule has 0 aliphatic heterocycles. The van der Waals surface area contributed by atoms with Gasteiger partial charge < -0.3 is 15.5 Å². The summed E-state index contributed by atoms with van der Waals surface area (Å²) in [6.07, 6.45) is 1.74. The number of amides is 1. The number of rotatable bonds is 5. The molecule has 5 nitrogen and oxygen atoms in total. The zero-order chi connectivity index (χ0) is 13.8. The van der Waals surface area contributed by atoms with Crippen LogP contribution in [0.5, 0.6) is 0 Å². The van der Waals surface area contributed by atoms with Crippen LogP contribution in [0.25, 0.3) is 11.1 Å². The minimum atomic E-state index is -0.139. The lowest BCUT2D eigenvalue weighted by molar-refractivity contribution is -0.119. The lowest BCUT2D eigenvalue weighted by atomic mass is 10.0. The number of hydrogen-bond donors (Lipinski definition) is 2. The molecule has 3 N–H and O–H groups in total. The Hall–Kier alpha value is -1.88. The highest BCUT2D eigenvalue weighted by Gasteiger charge is 2.16. The Morgan fingerprint density at radius 1 is 1.53 bits per heavy atom. The molecule has 0 radical (unpaired) electrons. The molecular formula is C14H19N3O2. The van der Waals surface area contributed by atoms with E-state index in [1.807, 2.05) is 25.1 Å². The number of carbonyl (C=O) groups excluding carboxylic acids is 1. The Bertz CT molecular complexity index is 577. The molecule has 0 spiro atoms. The molecule has 1 aromatic carbocycles. The van der Waals surface area contributed by atoms with Gasteiger partial charge in [-0.3, -0.25) is 4.79 Å². The Morgan fingerprint density at radius 2 is 2.32 bits per heavy atom. The number of aromatic nitrogens is 1. The van der Waals surface area contributed by atoms with Gasteiger partial charge in [-0.1, -0.05) is 13.3 Å². The monoisotopic (exact) mass is 261 g/mol. The number of nitrogens with one attached hydrogen (secondary N) is 1. The van der Waals surface area contributed by atoms with Crippen LogP contribution >= 0.6 is 0 Å². The molecule has 2 rings (SSSR count). The molecule has 2 aromatic rings. The summed E-state index contributed by atoms with van der Waals surface area (Å²) in [5.41, 5.74) is 7.81. The van der Waals surface area contributed by atoms with Crippen molar-refractivity contribution < 1.29 is 9.21 Å². The van der Waals surface area contributed by atoms with Gasteiger partial charge in [0.1, 0.15) is 5.52 Å². The van der Waals surface area contributed by atoms with Gasteiger partial charge >= 0.3 is 0 Å². The van der Waals surface area contributed by atoms with E-state index in [1.165, 1.54) is 0 Å². The van der Waals surface area contributed by atoms with Crippen LogP contribution in [0.4, 0.5) is 5.69 Å². The third-order valence-electron chi connectivity index (χ3n) is 3.05. The Labute approximate surface area is 112 Å². The lowest BCUT2D eigenvalue weighted by Gasteiger charge is -2.13. The summed E-state index contributed by atoms with van der Waals surface area (Å²) >= 11 is 0. The summed E-state index contributed by atoms with van der Waals surface area (Å²) in [6, 6.07) is 5.43. The molecule has 19 heavy (non-hydrogen) atoms. The number of nitrogens with two attached hydrogens (primary N) is 1. The number of benzene rings is 1. The second-order valence-corrected chi connectivity index (χ2v) is 4.63. The number of anilines is 1. The molecule has 0 aliphatic carbocycles. The smallest absolute Gasteiger partial charge is 0.228 e. The predicted octanol–water partition coefficient (Wildman–Crippen LogP) is 2.45. The van der Waals surface area contributed by atoms with Crippen molar-refractivity contribution in [1.82, 2.24) is 4.98 Å². The zero-order valence-electron chi connectivity index (χ0n) is 11.3. The van der Waals surface area contributed by atoms with E-state index >= 15 is 0 Å². The van der Waals surface area contributed by atoms with Gasteiger partial charge in [0.2, 0.25) is 5.91 Å². The molecular weight excluding hydrogens is 242 g/mol. The third-order valence-corrected chi connectivity index (χ3v) is 3.05. The highest BCUT2D eigenvalue weighted by atomic mass is 16.3. The number of carbonyl (C=O) groups is 1. The van der Waals surface area contributed by atoms with E-state index < -0.39 is 0 Å². The maximum absolute atomic E-state index is 12.0. The highest BCUT2D eigenvalue weighted by molar-refractivity contribution is 5.94. The zero-order valence-corrected chi connectivity index (χ0v) is 11.3. The van der Waals surface area contributed by atoms with E-state index in [9.17, 15) is 4.79 Å². The number of oxazole rings is 1. The van der Waals surface area contributed by atoms with Crippen LogP contribution in [0.3, 0.4) is 0 Å². The molecule has 1 heterocycles. The Kier molecular flexibility index (Phi) is 4.16. The fourth-order valence-corrected chi connectivity index (χ4v) is 2.07. The molecule has 1 atom stereocenters. The first-order chi connectivity index (χ1) is 9.13. The summed E-state index contributed by atoms with van der Waals surface area (Å²) in [5, 5.41) is 2.88. The minimum Gasteiger partial charge on any atom is -0.441 e. The normalized spacial score (nSPS) is 12.6. The van der Waals surface area contributed by atoms with Crippen molar-refractivity contribution in [3.63, 3.8) is 0 Å². The number of hydrogen-bond acceptors (Lipinski definition) is 4. The SMILES string of the molecule is CCCC(CN)C(=O)Nc1ccc2oc(C)nc2c1. The average molecular weight is 261 g/mol. The number of nitrogens with zero attached hydrogens (tertiary/aromatic N) is 1. The molecule has 5 heteroatoms. The maximum atomic E-state index is 12.0. The van der Waals surface area contributed by atoms with E-state index in [0.717, 1.165) is 29.6 Å². The van der Waals surface area contributed by atoms with Gasteiger partial charge in [-0.05, 0) is 24.6 Å². The second kappa shape index (κ2) is 5.84. The van der Waals surface area contributed by atoms with Gasteiger partial charge in [-0.15, -0.1) is 0 Å². The molecule has 0 fully saturated rings. The van der Waals surface area contributed by atoms with Crippen LogP contribution in [0.15, 0.2) is 22.6 Å². The van der Waals surface area contributed by atoms with Crippen LogP contribution in [-0.4, -0.2) is 17.4 Å². The molecule has 0 saturated heterocycles. The third kappa shape index (κ3) is 3.12. The van der Waals surface area contributed by atoms with Gasteiger partial charge in [0.25, 0.3) is 0 Å². The molecule has 0 saturated carbocycles. The molecule has 0 aliphatic rings. The lowest BCUT2D eigenvalue weighted by Crippen LogP contribution is -2.29. The van der Waals surface area contributed by atoms with E-state index in [2.05, 4.69) is 10.3 Å². The Balaban J connectivity index is 2.13. The summed E-state index contributed by atoms with van der Waals surface area (Å²) in [5.74, 6) is 0.438. The summed E-state index contributed by atoms with van der Waals surface area (Å²) in [7, 11) is 0. The number of aryl methyl sites for hydroxylation is 1. The van der Waals surface area contributed by atoms with Crippen molar-refractivity contribution in [3.8, 4) is 0 Å². The van der Waals surface area contributed by atoms with E-state index in [1.54, 1.807) is 6.92 Å². The quantitative estimate of drug-likeness (QED) is 0.866. The predicted molar refractivity (Wildman–Crippen MR) is 74.8 cm³/mol. The summed E-state index contributed by atoms with van der Waals surface area (Å²) in [6.45, 7) is 4.20. The van der Waals surface area contributed by atoms with Gasteiger partial charge in [0.05, 0.1) is 5.92 Å². The average Bonchev–Trinajstić information content (AvgIpc) is 2.75. The van der Waals surface area contributed by atoms with Crippen molar-refractivity contribution in [3.05, 3.63) is 24.1 Å². The molecule has 102 valence electrons. The first kappa shape index (κ1) is 13.5. The maximum Gasteiger partial charge on any atom is 0.228 e. The summed E-state index contributed by atoms with van der Waals surface area (Å²) in [4.78, 5) is 16.3. The first-order valence-corrected chi connectivity index (χ1v) is 6.52. The Morgan fingerprint density at radius 3 is 3.00 bits per heavy atom. The largest absolute Gasteiger partial charge is 0.441 e. The molecule has 1 amide bonds. The fraction of sp³-hybridized carbons (Fsp3) is 0.429. The van der Waals surface area contributed by atoms with Crippen LogP contribution in [-0.2, 0) is 4.79 Å². The first-order valence-electron chi connectivity index (χ1n) is 6.52. The number of fused-ring (bicyclic) bond motifs is 1. The van der Waals surface area contributed by atoms with Crippen molar-refractivity contribution >= 4 is 22.7 Å². The molecule has 1 aromatic heterocycles. The van der Waals surface area contributed by atoms with Gasteiger partial charge in [0, 0.05) is 19.2 Å². The fourth-order valence-electron chi connectivity index (χ4n) is 2.07. The van der Waals surface area contributed by atoms with Crippen LogP contribution in [0.2, 0.25) is 0 Å². The van der Waals surface area contributed by atoms with Crippen LogP contribution in [0, 0.1) is 12.8 Å². The van der Waals surface area contributed by atoms with Gasteiger partial charge in [-0.25, -0.2) is 4.98 Å². The standard InChI is InChI=1S/C14H19N3O2/c1-3-4-10(8-15)14(18)17-11-5-6-13-12(7-11)16-9(2)19-13/h5-7,10H,3-4,8,15H2,1-2H3,(H,17,18). The summed E-state index contributed by atoms with van der Waals surface area (Å²) < 4.78 is 5.39. The molecule has 1 unspecified atom stereocenters. The van der Waals surface area contributed by atoms with E-state index in [-0.39, 0.29) is 11.8 Å². The topological polar surface area (TPSA) is 81.2 Å². The van der Waals surface area contributed by atoms with Crippen molar-refractivity contribution in [2.75, 3.05) is 11.9 Å². The van der Waals surface area contributed by atoms with Gasteiger partial charge in [-0.2, -0.15) is 0 Å². The minimum absolute atomic E-state index is 0.0380. The van der Waals surface area contributed by atoms with Crippen molar-refractivity contribution in [2.45, 2.75) is 26.7 Å². The van der Waals surface area contributed by atoms with Crippen LogP contribution < -0.4 is 11.1 Å². The van der Waals surface area contributed by atoms with Crippen molar-refractivity contribution in [1.29, 1.82) is 0 Å². The van der Waals surface area contributed by atoms with E-state index in [0.29, 0.717) is 12.4 Å². The van der Waals surface area contributed by atoms with Crippen molar-refractivity contribution in [2.24, 2.45) is 11.7 Å². The van der Waals surface area contributed by atoms with E-state index in [4.69, 9.17) is 10.2 Å². The highest BCUT2D eigenvalue weighted by Crippen LogP contribution is 2.20. The second-order valence-electron chi connectivity index (χ2n) is 4.63.